The Kier molecular flexibility index (Phi) is 5.12. The van der Waals surface area contributed by atoms with E-state index in [0.717, 1.165) is 31.6 Å². The topological polar surface area (TPSA) is 35.2 Å². The zero-order valence-corrected chi connectivity index (χ0v) is 9.85. The van der Waals surface area contributed by atoms with Gasteiger partial charge in [-0.25, -0.2) is 0 Å². The number of thiocarbonyl (C=S) groups is 1. The molecular weight excluding hydrogens is 206 g/mol. The third-order valence-electron chi connectivity index (χ3n) is 2.08. The summed E-state index contributed by atoms with van der Waals surface area (Å²) in [7, 11) is 0. The van der Waals surface area contributed by atoms with E-state index in [0.29, 0.717) is 4.99 Å². The Morgan fingerprint density at radius 2 is 2.20 bits per heavy atom. The molecule has 1 aromatic rings. The normalized spacial score (nSPS) is 9.93. The van der Waals surface area contributed by atoms with Crippen LogP contribution in [0.4, 0.5) is 0 Å². The van der Waals surface area contributed by atoms with Crippen molar-refractivity contribution < 1.29 is 4.74 Å². The lowest BCUT2D eigenvalue weighted by Gasteiger charge is -2.06. The van der Waals surface area contributed by atoms with Crippen LogP contribution in [-0.2, 0) is 0 Å². The first-order valence-electron chi connectivity index (χ1n) is 5.16. The molecule has 3 heteroatoms. The molecule has 82 valence electrons. The molecule has 0 atom stereocenters. The van der Waals surface area contributed by atoms with E-state index in [1.165, 1.54) is 5.56 Å². The van der Waals surface area contributed by atoms with E-state index in [4.69, 9.17) is 22.7 Å². The molecule has 0 fully saturated rings. The molecule has 0 saturated carbocycles. The molecule has 0 aromatic heterocycles. The van der Waals surface area contributed by atoms with E-state index in [9.17, 15) is 0 Å². The van der Waals surface area contributed by atoms with E-state index in [1.807, 2.05) is 18.2 Å². The number of rotatable bonds is 6. The summed E-state index contributed by atoms with van der Waals surface area (Å²) in [6, 6.07) is 8.06. The molecule has 2 nitrogen and oxygen atoms in total. The minimum atomic E-state index is 0.588. The van der Waals surface area contributed by atoms with Gasteiger partial charge in [0.2, 0.25) is 0 Å². The lowest BCUT2D eigenvalue weighted by Crippen LogP contribution is -2.07. The van der Waals surface area contributed by atoms with E-state index in [2.05, 4.69) is 13.0 Å². The van der Waals surface area contributed by atoms with Crippen molar-refractivity contribution in [3.8, 4) is 5.75 Å². The summed E-state index contributed by atoms with van der Waals surface area (Å²) >= 11 is 4.79. The Balaban J connectivity index is 2.17. The number of ether oxygens (including phenoxy) is 1. The third kappa shape index (κ3) is 5.37. The molecule has 1 aromatic carbocycles. The maximum atomic E-state index is 5.58. The van der Waals surface area contributed by atoms with Gasteiger partial charge in [0.05, 0.1) is 11.6 Å². The first kappa shape index (κ1) is 12.0. The minimum absolute atomic E-state index is 0.588. The fourth-order valence-corrected chi connectivity index (χ4v) is 1.44. The van der Waals surface area contributed by atoms with Crippen LogP contribution in [0, 0.1) is 6.92 Å². The second-order valence-electron chi connectivity index (χ2n) is 3.59. The summed E-state index contributed by atoms with van der Waals surface area (Å²) in [5.41, 5.74) is 6.61. The smallest absolute Gasteiger partial charge is 0.119 e. The number of hydrogen-bond donors (Lipinski definition) is 1. The first-order chi connectivity index (χ1) is 7.18. The highest BCUT2D eigenvalue weighted by Crippen LogP contribution is 2.12. The number of unbranched alkanes of at least 4 members (excludes halogenated alkanes) is 1. The molecule has 0 heterocycles. The summed E-state index contributed by atoms with van der Waals surface area (Å²) in [5, 5.41) is 0. The van der Waals surface area contributed by atoms with Gasteiger partial charge in [-0.15, -0.1) is 0 Å². The third-order valence-corrected chi connectivity index (χ3v) is 2.28. The molecule has 2 N–H and O–H groups in total. The SMILES string of the molecule is Cc1cccc(OCCCCC(N)=S)c1. The minimum Gasteiger partial charge on any atom is -0.494 e. The van der Waals surface area contributed by atoms with Crippen LogP contribution in [0.15, 0.2) is 24.3 Å². The van der Waals surface area contributed by atoms with Crippen LogP contribution in [0.2, 0.25) is 0 Å². The highest BCUT2D eigenvalue weighted by molar-refractivity contribution is 7.80. The molecule has 0 saturated heterocycles. The molecule has 0 unspecified atom stereocenters. The van der Waals surface area contributed by atoms with Gasteiger partial charge in [0.1, 0.15) is 5.75 Å². The van der Waals surface area contributed by atoms with Crippen LogP contribution in [0.25, 0.3) is 0 Å². The maximum Gasteiger partial charge on any atom is 0.119 e. The molecule has 0 amide bonds. The molecule has 0 spiro atoms. The Bertz CT molecular complexity index is 325. The highest BCUT2D eigenvalue weighted by atomic mass is 32.1. The van der Waals surface area contributed by atoms with Crippen molar-refractivity contribution in [1.29, 1.82) is 0 Å². The summed E-state index contributed by atoms with van der Waals surface area (Å²) in [6.45, 7) is 2.78. The Morgan fingerprint density at radius 1 is 1.40 bits per heavy atom. The number of hydrogen-bond acceptors (Lipinski definition) is 2. The standard InChI is InChI=1S/C12H17NOS/c1-10-5-4-6-11(9-10)14-8-3-2-7-12(13)15/h4-6,9H,2-3,7-8H2,1H3,(H2,13,15). The van der Waals surface area contributed by atoms with Crippen molar-refractivity contribution in [2.24, 2.45) is 5.73 Å². The van der Waals surface area contributed by atoms with E-state index >= 15 is 0 Å². The molecule has 15 heavy (non-hydrogen) atoms. The number of benzene rings is 1. The maximum absolute atomic E-state index is 5.58. The van der Waals surface area contributed by atoms with Crippen molar-refractivity contribution in [2.75, 3.05) is 6.61 Å². The summed E-state index contributed by atoms with van der Waals surface area (Å²) in [6.07, 6.45) is 2.80. The van der Waals surface area contributed by atoms with Crippen LogP contribution in [0.1, 0.15) is 24.8 Å². The molecule has 0 bridgehead atoms. The molecule has 0 aliphatic rings. The van der Waals surface area contributed by atoms with Crippen molar-refractivity contribution in [3.63, 3.8) is 0 Å². The Morgan fingerprint density at radius 3 is 2.87 bits per heavy atom. The molecule has 1 rings (SSSR count). The van der Waals surface area contributed by atoms with Gasteiger partial charge in [-0.2, -0.15) is 0 Å². The van der Waals surface area contributed by atoms with Crippen molar-refractivity contribution >= 4 is 17.2 Å². The second-order valence-corrected chi connectivity index (χ2v) is 4.11. The lowest BCUT2D eigenvalue weighted by molar-refractivity contribution is 0.308. The van der Waals surface area contributed by atoms with Crippen molar-refractivity contribution in [2.45, 2.75) is 26.2 Å². The predicted octanol–water partition coefficient (Wildman–Crippen LogP) is 2.83. The quantitative estimate of drug-likeness (QED) is 0.595. The Labute approximate surface area is 96.4 Å². The fourth-order valence-electron chi connectivity index (χ4n) is 1.30. The van der Waals surface area contributed by atoms with Gasteiger partial charge in [0.15, 0.2) is 0 Å². The van der Waals surface area contributed by atoms with Crippen LogP contribution in [-0.4, -0.2) is 11.6 Å². The zero-order chi connectivity index (χ0) is 11.1. The summed E-state index contributed by atoms with van der Waals surface area (Å²) in [5.74, 6) is 0.935. The van der Waals surface area contributed by atoms with Gasteiger partial charge in [-0.3, -0.25) is 0 Å². The average molecular weight is 223 g/mol. The van der Waals surface area contributed by atoms with Gasteiger partial charge in [0.25, 0.3) is 0 Å². The van der Waals surface area contributed by atoms with Crippen LogP contribution >= 0.6 is 12.2 Å². The van der Waals surface area contributed by atoms with Crippen molar-refractivity contribution in [3.05, 3.63) is 29.8 Å². The van der Waals surface area contributed by atoms with E-state index < -0.39 is 0 Å². The Hall–Kier alpha value is -1.09. The zero-order valence-electron chi connectivity index (χ0n) is 9.03. The number of nitrogens with two attached hydrogens (primary N) is 1. The largest absolute Gasteiger partial charge is 0.494 e. The van der Waals surface area contributed by atoms with Gasteiger partial charge >= 0.3 is 0 Å². The summed E-state index contributed by atoms with van der Waals surface area (Å²) < 4.78 is 5.58. The second kappa shape index (κ2) is 6.40. The van der Waals surface area contributed by atoms with E-state index in [-0.39, 0.29) is 0 Å². The molecule has 0 aliphatic carbocycles. The first-order valence-corrected chi connectivity index (χ1v) is 5.57. The van der Waals surface area contributed by atoms with Crippen molar-refractivity contribution in [1.82, 2.24) is 0 Å². The van der Waals surface area contributed by atoms with Crippen LogP contribution < -0.4 is 10.5 Å². The van der Waals surface area contributed by atoms with Gasteiger partial charge in [-0.05, 0) is 43.9 Å². The summed E-state index contributed by atoms with van der Waals surface area (Å²) in [4.78, 5) is 0.588. The van der Waals surface area contributed by atoms with Crippen LogP contribution in [0.3, 0.4) is 0 Å². The monoisotopic (exact) mass is 223 g/mol. The molecule has 0 aliphatic heterocycles. The molecule has 0 radical (unpaired) electrons. The van der Waals surface area contributed by atoms with E-state index in [1.54, 1.807) is 0 Å². The number of aryl methyl sites for hydroxylation is 1. The highest BCUT2D eigenvalue weighted by Gasteiger charge is 1.95. The van der Waals surface area contributed by atoms with Gasteiger partial charge in [0, 0.05) is 0 Å². The van der Waals surface area contributed by atoms with Gasteiger partial charge < -0.3 is 10.5 Å². The average Bonchev–Trinajstić information content (AvgIpc) is 2.17. The van der Waals surface area contributed by atoms with Gasteiger partial charge in [-0.1, -0.05) is 24.4 Å². The fraction of sp³-hybridized carbons (Fsp3) is 0.417. The van der Waals surface area contributed by atoms with Crippen LogP contribution in [0.5, 0.6) is 5.75 Å². The lowest BCUT2D eigenvalue weighted by atomic mass is 10.2. The predicted molar refractivity (Wildman–Crippen MR) is 67.3 cm³/mol. The molecular formula is C12H17NOS.